The van der Waals surface area contributed by atoms with Crippen molar-refractivity contribution in [3.05, 3.63) is 47.8 Å². The van der Waals surface area contributed by atoms with Crippen LogP contribution in [0.1, 0.15) is 38.1 Å². The van der Waals surface area contributed by atoms with E-state index >= 15 is 0 Å². The molecule has 3 aromatic rings. The maximum atomic E-state index is 11.6. The van der Waals surface area contributed by atoms with Crippen molar-refractivity contribution in [1.82, 2.24) is 10.1 Å². The average Bonchev–Trinajstić information content (AvgIpc) is 3.23. The Balaban J connectivity index is 1.85. The van der Waals surface area contributed by atoms with Crippen molar-refractivity contribution in [3.8, 4) is 23.0 Å². The lowest BCUT2D eigenvalue weighted by Crippen LogP contribution is -2.07. The lowest BCUT2D eigenvalue weighted by Gasteiger charge is -2.06. The highest BCUT2D eigenvalue weighted by molar-refractivity contribution is 7.90. The van der Waals surface area contributed by atoms with E-state index in [-0.39, 0.29) is 23.2 Å². The maximum absolute atomic E-state index is 11.6. The number of hydrogen-bond acceptors (Lipinski definition) is 6. The molecule has 0 bridgehead atoms. The molecule has 3 rings (SSSR count). The van der Waals surface area contributed by atoms with E-state index in [2.05, 4.69) is 36.1 Å². The zero-order valence-electron chi connectivity index (χ0n) is 14.4. The number of hydrogen-bond donors (Lipinski definition) is 0. The van der Waals surface area contributed by atoms with Crippen molar-refractivity contribution in [2.24, 2.45) is 0 Å². The van der Waals surface area contributed by atoms with Crippen LogP contribution in [0.4, 0.5) is 0 Å². The lowest BCUT2D eigenvalue weighted by atomic mass is 10.0. The zero-order valence-corrected chi connectivity index (χ0v) is 15.2. The molecule has 6 nitrogen and oxygen atoms in total. The summed E-state index contributed by atoms with van der Waals surface area (Å²) in [6.07, 6.45) is 0. The molecule has 0 radical (unpaired) electrons. The summed E-state index contributed by atoms with van der Waals surface area (Å²) in [4.78, 5) is 4.12. The SMILES string of the molecule is CCS(=O)(=O)Cc1noc(-c2ccc(-c3cccc(C(C)C)c3)o2)n1. The van der Waals surface area contributed by atoms with Crippen LogP contribution in [0.15, 0.2) is 45.3 Å². The fourth-order valence-corrected chi connectivity index (χ4v) is 3.09. The molecule has 0 unspecified atom stereocenters. The Morgan fingerprint density at radius 3 is 2.60 bits per heavy atom. The van der Waals surface area contributed by atoms with Crippen LogP contribution < -0.4 is 0 Å². The average molecular weight is 360 g/mol. The van der Waals surface area contributed by atoms with Gasteiger partial charge in [0.05, 0.1) is 0 Å². The van der Waals surface area contributed by atoms with Gasteiger partial charge in [-0.3, -0.25) is 0 Å². The number of benzene rings is 1. The topological polar surface area (TPSA) is 86.2 Å². The molecule has 0 N–H and O–H groups in total. The molecule has 0 spiro atoms. The second-order valence-electron chi connectivity index (χ2n) is 6.14. The molecule has 0 aliphatic carbocycles. The van der Waals surface area contributed by atoms with Gasteiger partial charge in [0.1, 0.15) is 11.5 Å². The van der Waals surface area contributed by atoms with Crippen LogP contribution in [0.2, 0.25) is 0 Å². The van der Waals surface area contributed by atoms with E-state index < -0.39 is 9.84 Å². The van der Waals surface area contributed by atoms with E-state index in [0.717, 1.165) is 5.56 Å². The van der Waals surface area contributed by atoms with Crippen LogP contribution in [-0.4, -0.2) is 24.3 Å². The third kappa shape index (κ3) is 3.99. The van der Waals surface area contributed by atoms with Crippen LogP contribution in [0.3, 0.4) is 0 Å². The Labute approximate surface area is 146 Å². The first-order valence-electron chi connectivity index (χ1n) is 8.11. The standard InChI is InChI=1S/C18H20N2O4S/c1-4-25(21,22)11-17-19-18(24-20-17)16-9-8-15(23-16)14-7-5-6-13(10-14)12(2)3/h5-10,12H,4,11H2,1-3H3. The van der Waals surface area contributed by atoms with E-state index in [1.165, 1.54) is 5.56 Å². The fraction of sp³-hybridized carbons (Fsp3) is 0.333. The Morgan fingerprint density at radius 2 is 1.88 bits per heavy atom. The van der Waals surface area contributed by atoms with Gasteiger partial charge in [0, 0.05) is 11.3 Å². The zero-order chi connectivity index (χ0) is 18.0. The monoisotopic (exact) mass is 360 g/mol. The minimum Gasteiger partial charge on any atom is -0.451 e. The molecule has 2 aromatic heterocycles. The van der Waals surface area contributed by atoms with Gasteiger partial charge >= 0.3 is 0 Å². The summed E-state index contributed by atoms with van der Waals surface area (Å²) in [5, 5.41) is 3.72. The molecule has 0 aliphatic rings. The quantitative estimate of drug-likeness (QED) is 0.659. The first kappa shape index (κ1) is 17.4. The van der Waals surface area contributed by atoms with E-state index in [1.54, 1.807) is 13.0 Å². The number of aromatic nitrogens is 2. The Bertz CT molecular complexity index is 970. The molecule has 0 saturated carbocycles. The second-order valence-corrected chi connectivity index (χ2v) is 8.49. The first-order chi connectivity index (χ1) is 11.9. The van der Waals surface area contributed by atoms with Crippen molar-refractivity contribution < 1.29 is 17.4 Å². The molecule has 0 fully saturated rings. The molecule has 0 aliphatic heterocycles. The highest BCUT2D eigenvalue weighted by Crippen LogP contribution is 2.29. The predicted molar refractivity (Wildman–Crippen MR) is 94.7 cm³/mol. The lowest BCUT2D eigenvalue weighted by molar-refractivity contribution is 0.411. The van der Waals surface area contributed by atoms with Crippen molar-refractivity contribution in [1.29, 1.82) is 0 Å². The number of sulfone groups is 1. The van der Waals surface area contributed by atoms with Crippen molar-refractivity contribution in [2.45, 2.75) is 32.4 Å². The van der Waals surface area contributed by atoms with Gasteiger partial charge < -0.3 is 8.94 Å². The molecule has 7 heteroatoms. The first-order valence-corrected chi connectivity index (χ1v) is 9.93. The van der Waals surface area contributed by atoms with Gasteiger partial charge in [-0.05, 0) is 29.7 Å². The molecular weight excluding hydrogens is 340 g/mol. The van der Waals surface area contributed by atoms with Crippen molar-refractivity contribution >= 4 is 9.84 Å². The summed E-state index contributed by atoms with van der Waals surface area (Å²) in [7, 11) is -3.21. The number of furan rings is 1. The van der Waals surface area contributed by atoms with Gasteiger partial charge in [0.2, 0.25) is 0 Å². The molecule has 0 atom stereocenters. The minimum atomic E-state index is -3.21. The Morgan fingerprint density at radius 1 is 1.12 bits per heavy atom. The van der Waals surface area contributed by atoms with Gasteiger partial charge in [-0.25, -0.2) is 8.42 Å². The summed E-state index contributed by atoms with van der Waals surface area (Å²) >= 11 is 0. The molecule has 25 heavy (non-hydrogen) atoms. The van der Waals surface area contributed by atoms with Gasteiger partial charge in [-0.2, -0.15) is 4.98 Å². The summed E-state index contributed by atoms with van der Waals surface area (Å²) in [6.45, 7) is 5.86. The predicted octanol–water partition coefficient (Wildman–Crippen LogP) is 4.05. The Hall–Kier alpha value is -2.41. The second kappa shape index (κ2) is 6.84. The maximum Gasteiger partial charge on any atom is 0.293 e. The van der Waals surface area contributed by atoms with Crippen LogP contribution in [0, 0.1) is 0 Å². The fourth-order valence-electron chi connectivity index (χ4n) is 2.37. The highest BCUT2D eigenvalue weighted by atomic mass is 32.2. The molecule has 0 amide bonds. The highest BCUT2D eigenvalue weighted by Gasteiger charge is 2.18. The summed E-state index contributed by atoms with van der Waals surface area (Å²) in [5.74, 6) is 1.64. The van der Waals surface area contributed by atoms with E-state index in [4.69, 9.17) is 8.94 Å². The number of rotatable bonds is 6. The smallest absolute Gasteiger partial charge is 0.293 e. The summed E-state index contributed by atoms with van der Waals surface area (Å²) in [5.41, 5.74) is 2.19. The van der Waals surface area contributed by atoms with Crippen LogP contribution in [0.5, 0.6) is 0 Å². The third-order valence-corrected chi connectivity index (χ3v) is 5.49. The van der Waals surface area contributed by atoms with Crippen LogP contribution in [0.25, 0.3) is 23.0 Å². The van der Waals surface area contributed by atoms with Crippen LogP contribution in [-0.2, 0) is 15.6 Å². The van der Waals surface area contributed by atoms with Gasteiger partial charge in [0.25, 0.3) is 5.89 Å². The van der Waals surface area contributed by atoms with Gasteiger partial charge in [-0.15, -0.1) is 0 Å². The van der Waals surface area contributed by atoms with Crippen LogP contribution >= 0.6 is 0 Å². The third-order valence-electron chi connectivity index (χ3n) is 3.91. The number of nitrogens with zero attached hydrogens (tertiary/aromatic N) is 2. The minimum absolute atomic E-state index is 0.0357. The summed E-state index contributed by atoms with van der Waals surface area (Å²) < 4.78 is 34.2. The van der Waals surface area contributed by atoms with E-state index in [1.807, 2.05) is 18.2 Å². The van der Waals surface area contributed by atoms with E-state index in [9.17, 15) is 8.42 Å². The van der Waals surface area contributed by atoms with Gasteiger partial charge in [-0.1, -0.05) is 44.1 Å². The normalized spacial score (nSPS) is 12.0. The molecule has 2 heterocycles. The van der Waals surface area contributed by atoms with Crippen molar-refractivity contribution in [3.63, 3.8) is 0 Å². The molecular formula is C18H20N2O4S. The Kier molecular flexibility index (Phi) is 4.76. The largest absolute Gasteiger partial charge is 0.451 e. The molecule has 1 aromatic carbocycles. The van der Waals surface area contributed by atoms with Crippen molar-refractivity contribution in [2.75, 3.05) is 5.75 Å². The molecule has 0 saturated heterocycles. The van der Waals surface area contributed by atoms with Gasteiger partial charge in [0.15, 0.2) is 21.4 Å². The van der Waals surface area contributed by atoms with E-state index in [0.29, 0.717) is 17.4 Å². The summed E-state index contributed by atoms with van der Waals surface area (Å²) in [6, 6.07) is 11.7. The molecule has 132 valence electrons.